The van der Waals surface area contributed by atoms with Crippen LogP contribution in [-0.2, 0) is 10.2 Å². The molecule has 0 unspecified atom stereocenters. The third kappa shape index (κ3) is 5.01. The molecule has 0 bridgehead atoms. The number of nitrogens with zero attached hydrogens (tertiary/aromatic N) is 2. The summed E-state index contributed by atoms with van der Waals surface area (Å²) < 4.78 is 5.94. The Morgan fingerprint density at radius 2 is 2.00 bits per heavy atom. The number of rotatable bonds is 3. The van der Waals surface area contributed by atoms with Crippen LogP contribution in [0.2, 0.25) is 0 Å². The van der Waals surface area contributed by atoms with Crippen LogP contribution in [0.5, 0.6) is 0 Å². The van der Waals surface area contributed by atoms with Crippen molar-refractivity contribution >= 4 is 23.3 Å². The molecule has 1 aliphatic heterocycles. The van der Waals surface area contributed by atoms with E-state index < -0.39 is 0 Å². The average Bonchev–Trinajstić information content (AvgIpc) is 3.40. The number of pyridine rings is 1. The van der Waals surface area contributed by atoms with Gasteiger partial charge >= 0.3 is 0 Å². The number of aromatic nitrogens is 1. The van der Waals surface area contributed by atoms with Gasteiger partial charge in [-0.1, -0.05) is 20.8 Å². The first kappa shape index (κ1) is 24.3. The highest BCUT2D eigenvalue weighted by molar-refractivity contribution is 6.07. The summed E-state index contributed by atoms with van der Waals surface area (Å²) in [6, 6.07) is 7.89. The smallest absolute Gasteiger partial charge is 0.290 e. The molecule has 1 amide bonds. The van der Waals surface area contributed by atoms with Crippen LogP contribution in [0.25, 0.3) is 22.1 Å². The number of carbonyl (C=O) groups is 2. The lowest BCUT2D eigenvalue weighted by molar-refractivity contribution is -0.122. The number of amides is 1. The molecule has 0 radical (unpaired) electrons. The molecule has 8 heteroatoms. The van der Waals surface area contributed by atoms with E-state index in [-0.39, 0.29) is 23.4 Å². The first-order chi connectivity index (χ1) is 15.6. The molecule has 3 heterocycles. The van der Waals surface area contributed by atoms with E-state index in [1.165, 1.54) is 0 Å². The Morgan fingerprint density at radius 1 is 1.30 bits per heavy atom. The maximum atomic E-state index is 13.3. The minimum absolute atomic E-state index is 0.0166. The van der Waals surface area contributed by atoms with Crippen molar-refractivity contribution in [2.45, 2.75) is 38.6 Å². The molecule has 0 saturated carbocycles. The molecule has 4 rings (SSSR count). The lowest BCUT2D eigenvalue weighted by Crippen LogP contribution is -2.34. The van der Waals surface area contributed by atoms with E-state index in [1.807, 2.05) is 37.2 Å². The molecule has 2 aromatic heterocycles. The molecule has 2 N–H and O–H groups in total. The number of carboxylic acid groups (broad SMARTS) is 1. The number of hydrogen-bond acceptors (Lipinski definition) is 5. The Bertz CT molecular complexity index is 1200. The van der Waals surface area contributed by atoms with Gasteiger partial charge in [0.15, 0.2) is 0 Å². The van der Waals surface area contributed by atoms with E-state index >= 15 is 0 Å². The van der Waals surface area contributed by atoms with Crippen molar-refractivity contribution in [2.75, 3.05) is 27.2 Å². The van der Waals surface area contributed by atoms with Crippen molar-refractivity contribution < 1.29 is 19.1 Å². The van der Waals surface area contributed by atoms with Gasteiger partial charge in [-0.3, -0.25) is 14.4 Å². The molecule has 1 aliphatic rings. The third-order valence-corrected chi connectivity index (χ3v) is 6.02. The summed E-state index contributed by atoms with van der Waals surface area (Å²) in [7, 11) is 4.09. The van der Waals surface area contributed by atoms with Crippen molar-refractivity contribution in [3.05, 3.63) is 58.2 Å². The summed E-state index contributed by atoms with van der Waals surface area (Å²) in [5, 5.41) is 7.65. The Kier molecular flexibility index (Phi) is 7.07. The lowest BCUT2D eigenvalue weighted by atomic mass is 9.84. The van der Waals surface area contributed by atoms with Gasteiger partial charge < -0.3 is 24.3 Å². The zero-order chi connectivity index (χ0) is 24.3. The molecular weight excluding hydrogens is 422 g/mol. The van der Waals surface area contributed by atoms with Gasteiger partial charge in [-0.05, 0) is 55.8 Å². The van der Waals surface area contributed by atoms with Crippen LogP contribution in [-0.4, -0.2) is 65.5 Å². The fraction of sp³-hybridized carbons (Fsp3) is 0.400. The number of nitrogens with one attached hydrogen (secondary N) is 1. The highest BCUT2D eigenvalue weighted by atomic mass is 16.3. The maximum Gasteiger partial charge on any atom is 0.290 e. The summed E-state index contributed by atoms with van der Waals surface area (Å²) in [6.45, 7) is 7.51. The predicted molar refractivity (Wildman–Crippen MR) is 128 cm³/mol. The van der Waals surface area contributed by atoms with E-state index in [4.69, 9.17) is 14.3 Å². The molecule has 1 saturated heterocycles. The highest BCUT2D eigenvalue weighted by Crippen LogP contribution is 2.37. The summed E-state index contributed by atoms with van der Waals surface area (Å²) in [5.41, 5.74) is 3.26. The van der Waals surface area contributed by atoms with Gasteiger partial charge in [0.25, 0.3) is 17.9 Å². The monoisotopic (exact) mass is 453 g/mol. The second-order valence-corrected chi connectivity index (χ2v) is 9.48. The second kappa shape index (κ2) is 9.62. The van der Waals surface area contributed by atoms with Gasteiger partial charge in [-0.15, -0.1) is 0 Å². The van der Waals surface area contributed by atoms with E-state index in [0.29, 0.717) is 29.3 Å². The number of fused-ring (bicyclic) bond motifs is 1. The van der Waals surface area contributed by atoms with Crippen LogP contribution < -0.4 is 5.56 Å². The van der Waals surface area contributed by atoms with E-state index in [1.54, 1.807) is 18.5 Å². The Morgan fingerprint density at radius 3 is 2.58 bits per heavy atom. The summed E-state index contributed by atoms with van der Waals surface area (Å²) in [6.07, 6.45) is 4.16. The molecule has 176 valence electrons. The topological polar surface area (TPSA) is 107 Å². The molecular formula is C25H31N3O5. The number of likely N-dealkylation sites (N-methyl/N-ethyl adjacent to an activating group) is 1. The molecule has 1 fully saturated rings. The summed E-state index contributed by atoms with van der Waals surface area (Å²) >= 11 is 0. The molecule has 3 aromatic rings. The van der Waals surface area contributed by atoms with Gasteiger partial charge in [0, 0.05) is 41.8 Å². The van der Waals surface area contributed by atoms with Crippen LogP contribution in [0, 0.1) is 0 Å². The van der Waals surface area contributed by atoms with Crippen LogP contribution in [0.1, 0.15) is 43.1 Å². The number of benzene rings is 1. The molecule has 8 nitrogen and oxygen atoms in total. The van der Waals surface area contributed by atoms with E-state index in [9.17, 15) is 9.59 Å². The van der Waals surface area contributed by atoms with Crippen molar-refractivity contribution in [2.24, 2.45) is 0 Å². The number of aromatic amines is 1. The van der Waals surface area contributed by atoms with Crippen LogP contribution >= 0.6 is 0 Å². The number of likely N-dealkylation sites (tertiary alicyclic amines) is 1. The van der Waals surface area contributed by atoms with Crippen molar-refractivity contribution in [1.29, 1.82) is 0 Å². The first-order valence-electron chi connectivity index (χ1n) is 10.9. The molecule has 0 aliphatic carbocycles. The second-order valence-electron chi connectivity index (χ2n) is 9.48. The fourth-order valence-corrected chi connectivity index (χ4v) is 4.18. The number of furan rings is 1. The Balaban J connectivity index is 0.000000968. The summed E-state index contributed by atoms with van der Waals surface area (Å²) in [4.78, 5) is 40.9. The van der Waals surface area contributed by atoms with E-state index in [0.717, 1.165) is 29.5 Å². The number of hydrogen-bond donors (Lipinski definition) is 2. The molecule has 1 aromatic carbocycles. The Hall–Kier alpha value is -3.39. The van der Waals surface area contributed by atoms with Gasteiger partial charge in [-0.25, -0.2) is 0 Å². The third-order valence-electron chi connectivity index (χ3n) is 6.02. The fourth-order valence-electron chi connectivity index (χ4n) is 4.18. The number of H-pyrrole nitrogens is 1. The molecule has 33 heavy (non-hydrogen) atoms. The number of carbonyl (C=O) groups excluding carboxylic acids is 1. The van der Waals surface area contributed by atoms with Gasteiger partial charge in [0.2, 0.25) is 0 Å². The normalized spacial score (nSPS) is 16.1. The van der Waals surface area contributed by atoms with Crippen LogP contribution in [0.4, 0.5) is 0 Å². The van der Waals surface area contributed by atoms with Gasteiger partial charge in [0.1, 0.15) is 11.8 Å². The largest absolute Gasteiger partial charge is 0.483 e. The van der Waals surface area contributed by atoms with Crippen LogP contribution in [0.15, 0.2) is 45.9 Å². The predicted octanol–water partition coefficient (Wildman–Crippen LogP) is 3.56. The highest BCUT2D eigenvalue weighted by Gasteiger charge is 2.31. The molecule has 0 spiro atoms. The zero-order valence-corrected chi connectivity index (χ0v) is 19.7. The first-order valence-corrected chi connectivity index (χ1v) is 10.9. The van der Waals surface area contributed by atoms with Crippen molar-refractivity contribution in [3.63, 3.8) is 0 Å². The minimum Gasteiger partial charge on any atom is -0.483 e. The average molecular weight is 454 g/mol. The zero-order valence-electron chi connectivity index (χ0n) is 19.7. The maximum absolute atomic E-state index is 13.3. The van der Waals surface area contributed by atoms with Crippen molar-refractivity contribution in [3.8, 4) is 11.1 Å². The van der Waals surface area contributed by atoms with Gasteiger partial charge in [0.05, 0.1) is 5.56 Å². The minimum atomic E-state index is -0.250. The molecule has 1 atom stereocenters. The van der Waals surface area contributed by atoms with E-state index in [2.05, 4.69) is 30.7 Å². The van der Waals surface area contributed by atoms with Crippen molar-refractivity contribution in [1.82, 2.24) is 14.8 Å². The standard InChI is InChI=1S/C24H29N3O3.CH2O2/c1-24(2,3)20-12-15(17-7-6-9-25-22(17)28)11-18-19(14-30-21(18)20)23(29)27-10-8-16(13-27)26(4)5;2-1-3/h6-7,9,11-12,14,16H,8,10,13H2,1-5H3,(H,25,28);1H,(H,2,3)/t16-;/m1./s1. The van der Waals surface area contributed by atoms with Gasteiger partial charge in [-0.2, -0.15) is 0 Å². The summed E-state index contributed by atoms with van der Waals surface area (Å²) in [5.74, 6) is -0.0166. The Labute approximate surface area is 192 Å². The SMILES string of the molecule is CN(C)[C@@H]1CCN(C(=O)c2coc3c(C(C)(C)C)cc(-c4ccc[nH]c4=O)cc23)C1.O=CO. The van der Waals surface area contributed by atoms with Crippen LogP contribution in [0.3, 0.4) is 0 Å². The lowest BCUT2D eigenvalue weighted by Gasteiger charge is -2.21. The quantitative estimate of drug-likeness (QED) is 0.587.